The fourth-order valence-corrected chi connectivity index (χ4v) is 4.97. The Hall–Kier alpha value is -1.60. The number of nitrogens with one attached hydrogen (secondary N) is 1. The Bertz CT molecular complexity index is 728. The second-order valence-electron chi connectivity index (χ2n) is 7.71. The number of piperidine rings is 1. The molecule has 1 heterocycles. The molecular formula is C21H31N3O2S2. The molecule has 7 heteroatoms. The van der Waals surface area contributed by atoms with E-state index in [0.717, 1.165) is 34.0 Å². The maximum Gasteiger partial charge on any atom is 0.243 e. The first-order chi connectivity index (χ1) is 13.2. The van der Waals surface area contributed by atoms with E-state index < -0.39 is 0 Å². The molecular weight excluding hydrogens is 390 g/mol. The number of rotatable bonds is 5. The molecule has 1 saturated heterocycles. The van der Waals surface area contributed by atoms with E-state index in [4.69, 9.17) is 12.2 Å². The SMILES string of the molecule is Cc1ccc(C)c(NC(=O)CN(C)C(=O)CSC(=S)N2[C@H](C)CCC[C@@H]2C)c1. The van der Waals surface area contributed by atoms with Gasteiger partial charge < -0.3 is 15.1 Å². The maximum absolute atomic E-state index is 12.4. The van der Waals surface area contributed by atoms with Crippen molar-refractivity contribution in [2.45, 2.75) is 59.0 Å². The van der Waals surface area contributed by atoms with Crippen LogP contribution in [0.4, 0.5) is 5.69 Å². The average Bonchev–Trinajstić information content (AvgIpc) is 2.62. The molecule has 0 saturated carbocycles. The van der Waals surface area contributed by atoms with E-state index in [9.17, 15) is 9.59 Å². The number of likely N-dealkylation sites (N-methyl/N-ethyl adjacent to an activating group) is 1. The van der Waals surface area contributed by atoms with E-state index in [1.165, 1.54) is 23.1 Å². The molecule has 28 heavy (non-hydrogen) atoms. The summed E-state index contributed by atoms with van der Waals surface area (Å²) in [7, 11) is 1.65. The van der Waals surface area contributed by atoms with Crippen molar-refractivity contribution < 1.29 is 9.59 Å². The summed E-state index contributed by atoms with van der Waals surface area (Å²) in [6.45, 7) is 8.33. The van der Waals surface area contributed by atoms with Gasteiger partial charge in [0.25, 0.3) is 0 Å². The zero-order chi connectivity index (χ0) is 20.8. The highest BCUT2D eigenvalue weighted by atomic mass is 32.2. The number of hydrogen-bond acceptors (Lipinski definition) is 4. The molecule has 2 rings (SSSR count). The van der Waals surface area contributed by atoms with E-state index in [1.807, 2.05) is 32.0 Å². The minimum Gasteiger partial charge on any atom is -0.352 e. The molecule has 1 aromatic rings. The number of likely N-dealkylation sites (tertiary alicyclic amines) is 1. The summed E-state index contributed by atoms with van der Waals surface area (Å²) in [5.74, 6) is -0.0432. The Labute approximate surface area is 178 Å². The van der Waals surface area contributed by atoms with Crippen molar-refractivity contribution in [3.8, 4) is 0 Å². The number of benzene rings is 1. The van der Waals surface area contributed by atoms with Crippen LogP contribution in [-0.2, 0) is 9.59 Å². The Morgan fingerprint density at radius 1 is 1.25 bits per heavy atom. The molecule has 2 atom stereocenters. The van der Waals surface area contributed by atoms with Crippen molar-refractivity contribution in [2.24, 2.45) is 0 Å². The predicted molar refractivity (Wildman–Crippen MR) is 122 cm³/mol. The number of thioether (sulfide) groups is 1. The first-order valence-electron chi connectivity index (χ1n) is 9.75. The van der Waals surface area contributed by atoms with Gasteiger partial charge in [-0.25, -0.2) is 0 Å². The number of thiocarbonyl (C=S) groups is 1. The summed E-state index contributed by atoms with van der Waals surface area (Å²) >= 11 is 6.97. The fraction of sp³-hybridized carbons (Fsp3) is 0.571. The van der Waals surface area contributed by atoms with Gasteiger partial charge in [0.1, 0.15) is 4.32 Å². The molecule has 2 amide bonds. The Balaban J connectivity index is 1.82. The number of hydrogen-bond donors (Lipinski definition) is 1. The quantitative estimate of drug-likeness (QED) is 0.729. The number of carbonyl (C=O) groups is 2. The standard InChI is InChI=1S/C21H31N3O2S2/c1-14-9-10-15(2)18(11-14)22-19(25)12-23(5)20(26)13-28-21(27)24-16(3)7-6-8-17(24)4/h9-11,16-17H,6-8,12-13H2,1-5H3,(H,22,25)/t16-,17+. The molecule has 0 unspecified atom stereocenters. The average molecular weight is 422 g/mol. The van der Waals surface area contributed by atoms with Gasteiger partial charge in [0, 0.05) is 24.8 Å². The summed E-state index contributed by atoms with van der Waals surface area (Å²) in [5, 5.41) is 2.89. The third kappa shape index (κ3) is 6.21. The third-order valence-electron chi connectivity index (χ3n) is 5.20. The molecule has 1 N–H and O–H groups in total. The van der Waals surface area contributed by atoms with E-state index in [0.29, 0.717) is 12.1 Å². The maximum atomic E-state index is 12.4. The van der Waals surface area contributed by atoms with Gasteiger partial charge >= 0.3 is 0 Å². The summed E-state index contributed by atoms with van der Waals surface area (Å²) < 4.78 is 0.779. The van der Waals surface area contributed by atoms with Crippen LogP contribution in [-0.4, -0.2) is 57.4 Å². The molecule has 0 bridgehead atoms. The van der Waals surface area contributed by atoms with Crippen LogP contribution < -0.4 is 5.32 Å². The van der Waals surface area contributed by atoms with Gasteiger partial charge in [0.15, 0.2) is 0 Å². The number of amides is 2. The molecule has 0 radical (unpaired) electrons. The fourth-order valence-electron chi connectivity index (χ4n) is 3.45. The zero-order valence-electron chi connectivity index (χ0n) is 17.4. The molecule has 0 spiro atoms. The number of aryl methyl sites for hydroxylation is 2. The molecule has 154 valence electrons. The van der Waals surface area contributed by atoms with Crippen molar-refractivity contribution in [2.75, 3.05) is 24.7 Å². The van der Waals surface area contributed by atoms with Gasteiger partial charge in [-0.1, -0.05) is 36.1 Å². The Kier molecular flexibility index (Phi) is 8.31. The van der Waals surface area contributed by atoms with Crippen molar-refractivity contribution in [1.29, 1.82) is 0 Å². The zero-order valence-corrected chi connectivity index (χ0v) is 19.1. The predicted octanol–water partition coefficient (Wildman–Crippen LogP) is 3.98. The lowest BCUT2D eigenvalue weighted by Gasteiger charge is -2.40. The van der Waals surface area contributed by atoms with Gasteiger partial charge in [-0.05, 0) is 64.2 Å². The highest BCUT2D eigenvalue weighted by molar-refractivity contribution is 8.23. The van der Waals surface area contributed by atoms with Gasteiger partial charge in [0.05, 0.1) is 12.3 Å². The van der Waals surface area contributed by atoms with Crippen LogP contribution in [0.15, 0.2) is 18.2 Å². The van der Waals surface area contributed by atoms with Crippen LogP contribution in [0.25, 0.3) is 0 Å². The lowest BCUT2D eigenvalue weighted by atomic mass is 9.99. The second kappa shape index (κ2) is 10.3. The summed E-state index contributed by atoms with van der Waals surface area (Å²) in [6.07, 6.45) is 3.50. The smallest absolute Gasteiger partial charge is 0.243 e. The molecule has 1 aromatic carbocycles. The summed E-state index contributed by atoms with van der Waals surface area (Å²) in [5.41, 5.74) is 2.87. The number of carbonyl (C=O) groups excluding carboxylic acids is 2. The van der Waals surface area contributed by atoms with Gasteiger partial charge in [-0.15, -0.1) is 0 Å². The molecule has 0 aliphatic carbocycles. The lowest BCUT2D eigenvalue weighted by Crippen LogP contribution is -2.46. The minimum atomic E-state index is -0.199. The highest BCUT2D eigenvalue weighted by Crippen LogP contribution is 2.26. The monoisotopic (exact) mass is 421 g/mol. The van der Waals surface area contributed by atoms with Crippen LogP contribution in [0.2, 0.25) is 0 Å². The van der Waals surface area contributed by atoms with E-state index in [2.05, 4.69) is 24.1 Å². The van der Waals surface area contributed by atoms with Crippen LogP contribution >= 0.6 is 24.0 Å². The normalized spacial score (nSPS) is 19.2. The molecule has 1 aliphatic heterocycles. The molecule has 1 fully saturated rings. The lowest BCUT2D eigenvalue weighted by molar-refractivity contribution is -0.131. The van der Waals surface area contributed by atoms with Crippen molar-refractivity contribution in [3.63, 3.8) is 0 Å². The Morgan fingerprint density at radius 3 is 2.54 bits per heavy atom. The van der Waals surface area contributed by atoms with Crippen molar-refractivity contribution in [3.05, 3.63) is 29.3 Å². The minimum absolute atomic E-state index is 0.0239. The molecule has 0 aromatic heterocycles. The highest BCUT2D eigenvalue weighted by Gasteiger charge is 2.27. The van der Waals surface area contributed by atoms with E-state index in [1.54, 1.807) is 7.05 Å². The summed E-state index contributed by atoms with van der Waals surface area (Å²) in [6, 6.07) is 6.74. The molecule has 1 aliphatic rings. The molecule has 5 nitrogen and oxygen atoms in total. The Morgan fingerprint density at radius 2 is 1.89 bits per heavy atom. The number of nitrogens with zero attached hydrogens (tertiary/aromatic N) is 2. The van der Waals surface area contributed by atoms with Crippen LogP contribution in [0.5, 0.6) is 0 Å². The topological polar surface area (TPSA) is 52.7 Å². The van der Waals surface area contributed by atoms with Crippen LogP contribution in [0.1, 0.15) is 44.2 Å². The van der Waals surface area contributed by atoms with E-state index >= 15 is 0 Å². The third-order valence-corrected chi connectivity index (χ3v) is 6.61. The summed E-state index contributed by atoms with van der Waals surface area (Å²) in [4.78, 5) is 28.5. The number of anilines is 1. The first kappa shape index (κ1) is 22.7. The largest absolute Gasteiger partial charge is 0.352 e. The second-order valence-corrected chi connectivity index (χ2v) is 9.32. The van der Waals surface area contributed by atoms with Crippen molar-refractivity contribution in [1.82, 2.24) is 9.80 Å². The van der Waals surface area contributed by atoms with Gasteiger partial charge in [-0.2, -0.15) is 0 Å². The van der Waals surface area contributed by atoms with Crippen molar-refractivity contribution >= 4 is 45.8 Å². The van der Waals surface area contributed by atoms with Crippen LogP contribution in [0, 0.1) is 13.8 Å². The van der Waals surface area contributed by atoms with Gasteiger partial charge in [0.2, 0.25) is 11.8 Å². The van der Waals surface area contributed by atoms with Gasteiger partial charge in [-0.3, -0.25) is 9.59 Å². The first-order valence-corrected chi connectivity index (χ1v) is 11.1. The van der Waals surface area contributed by atoms with E-state index in [-0.39, 0.29) is 24.1 Å². The van der Waals surface area contributed by atoms with Crippen LogP contribution in [0.3, 0.4) is 0 Å².